The molecule has 2 aliphatic heterocycles. The van der Waals surface area contributed by atoms with E-state index in [0.717, 1.165) is 50.9 Å². The molecule has 1 aromatic heterocycles. The van der Waals surface area contributed by atoms with Crippen LogP contribution in [0.5, 0.6) is 0 Å². The quantitative estimate of drug-likeness (QED) is 0.481. The maximum atomic E-state index is 12.5. The van der Waals surface area contributed by atoms with E-state index in [4.69, 9.17) is 19.8 Å². The topological polar surface area (TPSA) is 120 Å². The van der Waals surface area contributed by atoms with E-state index in [9.17, 15) is 31.1 Å². The highest BCUT2D eigenvalue weighted by molar-refractivity contribution is 5.87. The summed E-state index contributed by atoms with van der Waals surface area (Å²) in [7, 11) is 0. The number of hydrogen-bond donors (Lipinski definition) is 3. The zero-order valence-electron chi connectivity index (χ0n) is 20.5. The molecule has 3 N–H and O–H groups in total. The molecule has 2 fully saturated rings. The number of aliphatic carboxylic acids is 2. The Balaban J connectivity index is 0.000000317. The summed E-state index contributed by atoms with van der Waals surface area (Å²) in [5.74, 6) is -5.34. The lowest BCUT2D eigenvalue weighted by Gasteiger charge is -2.39. The number of aromatic nitrogens is 1. The second-order valence-electron chi connectivity index (χ2n) is 8.99. The Bertz CT molecular complexity index is 1060. The van der Waals surface area contributed by atoms with Gasteiger partial charge in [-0.15, -0.1) is 0 Å². The molecular formula is C25H27F6N3O5. The number of piperidine rings is 1. The number of pyridine rings is 1. The summed E-state index contributed by atoms with van der Waals surface area (Å²) >= 11 is 0. The molecule has 8 nitrogen and oxygen atoms in total. The van der Waals surface area contributed by atoms with Gasteiger partial charge in [0.05, 0.1) is 5.92 Å². The average molecular weight is 563 g/mol. The molecule has 4 rings (SSSR count). The molecule has 214 valence electrons. The Morgan fingerprint density at radius 3 is 1.87 bits per heavy atom. The number of benzene rings is 1. The van der Waals surface area contributed by atoms with Crippen molar-refractivity contribution < 1.29 is 50.9 Å². The van der Waals surface area contributed by atoms with E-state index >= 15 is 0 Å². The van der Waals surface area contributed by atoms with E-state index < -0.39 is 24.3 Å². The first-order valence-electron chi connectivity index (χ1n) is 11.7. The SMILES string of the molecule is O=C(O)C(F)(F)F.O=C(O)C(F)(F)F.O=C1NC2(CCN(CCc3ccccc3)CC2)CC1c1ccncc1. The molecule has 2 aliphatic rings. The van der Waals surface area contributed by atoms with Crippen molar-refractivity contribution in [2.24, 2.45) is 0 Å². The molecule has 3 heterocycles. The van der Waals surface area contributed by atoms with Crippen LogP contribution in [-0.2, 0) is 20.8 Å². The maximum absolute atomic E-state index is 12.5. The number of hydrogen-bond acceptors (Lipinski definition) is 5. The van der Waals surface area contributed by atoms with Crippen LogP contribution in [0, 0.1) is 0 Å². The summed E-state index contributed by atoms with van der Waals surface area (Å²) < 4.78 is 63.5. The molecule has 0 saturated carbocycles. The van der Waals surface area contributed by atoms with Crippen LogP contribution in [0.15, 0.2) is 54.9 Å². The fourth-order valence-electron chi connectivity index (χ4n) is 4.21. The number of carboxylic acids is 2. The van der Waals surface area contributed by atoms with Gasteiger partial charge in [-0.1, -0.05) is 30.3 Å². The second-order valence-corrected chi connectivity index (χ2v) is 8.99. The predicted molar refractivity (Wildman–Crippen MR) is 126 cm³/mol. The molecule has 1 aromatic carbocycles. The number of halogens is 6. The average Bonchev–Trinajstić information content (AvgIpc) is 3.20. The first kappa shape index (κ1) is 31.5. The van der Waals surface area contributed by atoms with Crippen LogP contribution in [0.25, 0.3) is 0 Å². The van der Waals surface area contributed by atoms with E-state index in [1.165, 1.54) is 5.56 Å². The van der Waals surface area contributed by atoms with Gasteiger partial charge in [-0.05, 0) is 48.9 Å². The summed E-state index contributed by atoms with van der Waals surface area (Å²) in [6.07, 6.45) is -2.49. The van der Waals surface area contributed by atoms with E-state index in [1.807, 2.05) is 12.1 Å². The van der Waals surface area contributed by atoms with Crippen LogP contribution >= 0.6 is 0 Å². The molecule has 1 spiro atoms. The number of alkyl halides is 6. The largest absolute Gasteiger partial charge is 0.490 e. The Morgan fingerprint density at radius 1 is 0.923 bits per heavy atom. The smallest absolute Gasteiger partial charge is 0.475 e. The number of likely N-dealkylation sites (tertiary alicyclic amines) is 1. The van der Waals surface area contributed by atoms with Gasteiger partial charge in [0.15, 0.2) is 0 Å². The fraction of sp³-hybridized carbons (Fsp3) is 0.440. The van der Waals surface area contributed by atoms with Gasteiger partial charge in [0.2, 0.25) is 5.91 Å². The van der Waals surface area contributed by atoms with Gasteiger partial charge in [-0.25, -0.2) is 9.59 Å². The third kappa shape index (κ3) is 10.2. The van der Waals surface area contributed by atoms with Crippen LogP contribution in [0.1, 0.15) is 36.3 Å². The predicted octanol–water partition coefficient (Wildman–Crippen LogP) is 4.03. The van der Waals surface area contributed by atoms with Crippen LogP contribution in [-0.4, -0.2) is 75.5 Å². The van der Waals surface area contributed by atoms with Gasteiger partial charge >= 0.3 is 24.3 Å². The van der Waals surface area contributed by atoms with Gasteiger partial charge in [0.1, 0.15) is 0 Å². The van der Waals surface area contributed by atoms with Gasteiger partial charge in [0, 0.05) is 37.6 Å². The van der Waals surface area contributed by atoms with Crippen molar-refractivity contribution >= 4 is 17.8 Å². The number of nitrogens with one attached hydrogen (secondary N) is 1. The van der Waals surface area contributed by atoms with E-state index in [1.54, 1.807) is 12.4 Å². The number of rotatable bonds is 4. The minimum Gasteiger partial charge on any atom is -0.475 e. The van der Waals surface area contributed by atoms with E-state index in [0.29, 0.717) is 0 Å². The van der Waals surface area contributed by atoms with Gasteiger partial charge < -0.3 is 20.4 Å². The highest BCUT2D eigenvalue weighted by Crippen LogP contribution is 2.39. The lowest BCUT2D eigenvalue weighted by Crippen LogP contribution is -2.51. The molecular weight excluding hydrogens is 536 g/mol. The Labute approximate surface area is 219 Å². The van der Waals surface area contributed by atoms with Crippen molar-refractivity contribution in [1.82, 2.24) is 15.2 Å². The maximum Gasteiger partial charge on any atom is 0.490 e. The molecule has 1 atom stereocenters. The summed E-state index contributed by atoms with van der Waals surface area (Å²) in [5, 5.41) is 17.6. The van der Waals surface area contributed by atoms with Crippen molar-refractivity contribution in [3.63, 3.8) is 0 Å². The van der Waals surface area contributed by atoms with Crippen molar-refractivity contribution in [3.8, 4) is 0 Å². The van der Waals surface area contributed by atoms with E-state index in [-0.39, 0.29) is 17.4 Å². The number of carbonyl (C=O) groups excluding carboxylic acids is 1. The minimum atomic E-state index is -5.08. The van der Waals surface area contributed by atoms with Crippen LogP contribution < -0.4 is 5.32 Å². The fourth-order valence-corrected chi connectivity index (χ4v) is 4.21. The Morgan fingerprint density at radius 2 is 1.41 bits per heavy atom. The zero-order chi connectivity index (χ0) is 29.3. The Kier molecular flexibility index (Phi) is 10.8. The van der Waals surface area contributed by atoms with Crippen molar-refractivity contribution in [2.45, 2.75) is 49.5 Å². The molecule has 14 heteroatoms. The van der Waals surface area contributed by atoms with Gasteiger partial charge in [0.25, 0.3) is 0 Å². The lowest BCUT2D eigenvalue weighted by atomic mass is 9.82. The lowest BCUT2D eigenvalue weighted by molar-refractivity contribution is -0.193. The highest BCUT2D eigenvalue weighted by atomic mass is 19.4. The zero-order valence-corrected chi connectivity index (χ0v) is 20.5. The van der Waals surface area contributed by atoms with Crippen LogP contribution in [0.3, 0.4) is 0 Å². The van der Waals surface area contributed by atoms with Crippen molar-refractivity contribution in [1.29, 1.82) is 0 Å². The molecule has 1 unspecified atom stereocenters. The van der Waals surface area contributed by atoms with Crippen molar-refractivity contribution in [3.05, 3.63) is 66.0 Å². The summed E-state index contributed by atoms with van der Waals surface area (Å²) in [5.41, 5.74) is 2.49. The van der Waals surface area contributed by atoms with E-state index in [2.05, 4.69) is 45.5 Å². The monoisotopic (exact) mass is 563 g/mol. The molecule has 1 amide bonds. The number of carboxylic acid groups (broad SMARTS) is 2. The summed E-state index contributed by atoms with van der Waals surface area (Å²) in [6, 6.07) is 14.6. The first-order valence-corrected chi connectivity index (χ1v) is 11.7. The van der Waals surface area contributed by atoms with Gasteiger partial charge in [-0.3, -0.25) is 9.78 Å². The second kappa shape index (κ2) is 13.4. The number of amides is 1. The summed E-state index contributed by atoms with van der Waals surface area (Å²) in [6.45, 7) is 3.23. The standard InChI is InChI=1S/C21H25N3O.2C2HF3O2/c25-20-19(18-6-11-22-12-7-18)16-21(23-20)9-14-24(15-10-21)13-8-17-4-2-1-3-5-17;2*3-2(4,5)1(6)7/h1-7,11-12,19H,8-10,13-16H2,(H,23,25);2*(H,6,7). The number of nitrogens with zero attached hydrogens (tertiary/aromatic N) is 2. The third-order valence-corrected chi connectivity index (χ3v) is 6.27. The Hall–Kier alpha value is -3.68. The molecule has 0 aliphatic carbocycles. The molecule has 2 saturated heterocycles. The number of carbonyl (C=O) groups is 3. The van der Waals surface area contributed by atoms with Crippen LogP contribution in [0.2, 0.25) is 0 Å². The normalized spacial score (nSPS) is 18.7. The first-order chi connectivity index (χ1) is 18.1. The van der Waals surface area contributed by atoms with Gasteiger partial charge in [-0.2, -0.15) is 26.3 Å². The molecule has 0 radical (unpaired) electrons. The minimum absolute atomic E-state index is 0.00569. The molecule has 0 bridgehead atoms. The van der Waals surface area contributed by atoms with Crippen LogP contribution in [0.4, 0.5) is 26.3 Å². The molecule has 2 aromatic rings. The molecule has 39 heavy (non-hydrogen) atoms. The highest BCUT2D eigenvalue weighted by Gasteiger charge is 2.46. The van der Waals surface area contributed by atoms with Crippen molar-refractivity contribution in [2.75, 3.05) is 19.6 Å². The third-order valence-electron chi connectivity index (χ3n) is 6.27. The summed E-state index contributed by atoms with van der Waals surface area (Å²) in [4.78, 5) is 36.9.